The van der Waals surface area contributed by atoms with E-state index < -0.39 is 30.0 Å². The molecule has 1 aliphatic heterocycles. The normalized spacial score (nSPS) is 24.6. The van der Waals surface area contributed by atoms with Crippen molar-refractivity contribution in [3.8, 4) is 0 Å². The van der Waals surface area contributed by atoms with Crippen LogP contribution in [0.1, 0.15) is 47.5 Å². The van der Waals surface area contributed by atoms with E-state index in [0.29, 0.717) is 6.42 Å². The van der Waals surface area contributed by atoms with Crippen LogP contribution in [0.5, 0.6) is 0 Å². The van der Waals surface area contributed by atoms with Crippen molar-refractivity contribution in [2.24, 2.45) is 11.1 Å². The van der Waals surface area contributed by atoms with Crippen molar-refractivity contribution in [1.29, 1.82) is 0 Å². The Balaban J connectivity index is 2.98. The molecule has 21 heavy (non-hydrogen) atoms. The molecule has 2 atom stereocenters. The Hall–Kier alpha value is -0.980. The number of nitrogens with two attached hydrogens (primary N) is 1. The molecule has 0 aromatic rings. The van der Waals surface area contributed by atoms with Gasteiger partial charge in [-0.2, -0.15) is 13.2 Å². The van der Waals surface area contributed by atoms with Gasteiger partial charge in [0.15, 0.2) is 0 Å². The van der Waals surface area contributed by atoms with E-state index in [-0.39, 0.29) is 18.4 Å². The minimum absolute atomic E-state index is 0.205. The van der Waals surface area contributed by atoms with Crippen molar-refractivity contribution in [3.63, 3.8) is 0 Å². The number of alkyl halides is 3. The Labute approximate surface area is 123 Å². The van der Waals surface area contributed by atoms with Gasteiger partial charge in [-0.05, 0) is 39.0 Å². The zero-order valence-corrected chi connectivity index (χ0v) is 13.3. The predicted molar refractivity (Wildman–Crippen MR) is 73.8 cm³/mol. The van der Waals surface area contributed by atoms with Gasteiger partial charge in [-0.25, -0.2) is 4.79 Å². The summed E-state index contributed by atoms with van der Waals surface area (Å²) in [4.78, 5) is 13.4. The summed E-state index contributed by atoms with van der Waals surface area (Å²) >= 11 is 0. The van der Waals surface area contributed by atoms with Gasteiger partial charge in [-0.15, -0.1) is 0 Å². The molecule has 1 fully saturated rings. The number of rotatable bonds is 1. The second-order valence-electron chi connectivity index (χ2n) is 7.45. The zero-order chi connectivity index (χ0) is 16.6. The number of hydrogen-bond donors (Lipinski definition) is 1. The molecule has 1 amide bonds. The van der Waals surface area contributed by atoms with Crippen molar-refractivity contribution >= 4 is 6.09 Å². The molecule has 1 rings (SSSR count). The summed E-state index contributed by atoms with van der Waals surface area (Å²) < 4.78 is 43.9. The molecule has 0 aliphatic carbocycles. The Bertz CT molecular complexity index is 389. The molecule has 0 aromatic heterocycles. The van der Waals surface area contributed by atoms with Crippen molar-refractivity contribution < 1.29 is 22.7 Å². The lowest BCUT2D eigenvalue weighted by Gasteiger charge is -2.45. The second-order valence-corrected chi connectivity index (χ2v) is 7.45. The third kappa shape index (κ3) is 5.05. The molecule has 0 aromatic carbocycles. The quantitative estimate of drug-likeness (QED) is 0.808. The molecule has 2 N–H and O–H groups in total. The fourth-order valence-corrected chi connectivity index (χ4v) is 2.46. The summed E-state index contributed by atoms with van der Waals surface area (Å²) in [6, 6.07) is -3.13. The van der Waals surface area contributed by atoms with Crippen LogP contribution in [0.3, 0.4) is 0 Å². The van der Waals surface area contributed by atoms with Crippen LogP contribution in [0, 0.1) is 5.41 Å². The third-order valence-electron chi connectivity index (χ3n) is 3.54. The van der Waals surface area contributed by atoms with E-state index in [0.717, 1.165) is 4.90 Å². The van der Waals surface area contributed by atoms with Crippen LogP contribution in [-0.4, -0.2) is 41.4 Å². The topological polar surface area (TPSA) is 55.6 Å². The highest BCUT2D eigenvalue weighted by molar-refractivity contribution is 5.69. The molecular weight excluding hydrogens is 285 g/mol. The van der Waals surface area contributed by atoms with Crippen molar-refractivity contribution in [2.75, 3.05) is 6.54 Å². The maximum Gasteiger partial charge on any atom is 0.410 e. The van der Waals surface area contributed by atoms with Gasteiger partial charge < -0.3 is 15.4 Å². The standard InChI is InChI=1S/C14H25F3N2O2/c1-12(2,3)21-11(20)19-8-13(4,5)7-6-9(19)10(18)14(15,16)17/h9-10H,6-8,18H2,1-5H3. The number of ether oxygens (including phenoxy) is 1. The van der Waals surface area contributed by atoms with Gasteiger partial charge in [-0.3, -0.25) is 0 Å². The van der Waals surface area contributed by atoms with E-state index in [4.69, 9.17) is 10.5 Å². The van der Waals surface area contributed by atoms with E-state index in [9.17, 15) is 18.0 Å². The van der Waals surface area contributed by atoms with E-state index in [1.54, 1.807) is 20.8 Å². The number of hydrogen-bond acceptors (Lipinski definition) is 3. The first kappa shape index (κ1) is 18.1. The monoisotopic (exact) mass is 310 g/mol. The maximum absolute atomic E-state index is 12.9. The van der Waals surface area contributed by atoms with Crippen LogP contribution in [-0.2, 0) is 4.74 Å². The first-order chi connectivity index (χ1) is 9.23. The summed E-state index contributed by atoms with van der Waals surface area (Å²) in [5, 5.41) is 0. The average Bonchev–Trinajstić information content (AvgIpc) is 2.23. The van der Waals surface area contributed by atoms with Gasteiger partial charge in [-0.1, -0.05) is 13.8 Å². The minimum Gasteiger partial charge on any atom is -0.444 e. The SMILES string of the molecule is CC1(C)CCC(C(N)C(F)(F)F)N(C(=O)OC(C)(C)C)C1. The number of nitrogens with zero attached hydrogens (tertiary/aromatic N) is 1. The van der Waals surface area contributed by atoms with Gasteiger partial charge in [0.25, 0.3) is 0 Å². The smallest absolute Gasteiger partial charge is 0.410 e. The fourth-order valence-electron chi connectivity index (χ4n) is 2.46. The fraction of sp³-hybridized carbons (Fsp3) is 0.929. The minimum atomic E-state index is -4.54. The third-order valence-corrected chi connectivity index (χ3v) is 3.54. The number of halogens is 3. The van der Waals surface area contributed by atoms with Crippen molar-refractivity contribution in [3.05, 3.63) is 0 Å². The van der Waals surface area contributed by atoms with Crippen LogP contribution in [0.25, 0.3) is 0 Å². The van der Waals surface area contributed by atoms with Crippen LogP contribution in [0.15, 0.2) is 0 Å². The molecule has 1 saturated heterocycles. The number of likely N-dealkylation sites (tertiary alicyclic amines) is 1. The predicted octanol–water partition coefficient (Wildman–Crippen LogP) is 3.30. The zero-order valence-electron chi connectivity index (χ0n) is 13.3. The first-order valence-electron chi connectivity index (χ1n) is 7.05. The summed E-state index contributed by atoms with van der Waals surface area (Å²) in [5.74, 6) is 0. The van der Waals surface area contributed by atoms with Crippen LogP contribution in [0.4, 0.5) is 18.0 Å². The molecule has 124 valence electrons. The highest BCUT2D eigenvalue weighted by atomic mass is 19.4. The molecule has 2 unspecified atom stereocenters. The summed E-state index contributed by atoms with van der Waals surface area (Å²) in [6.07, 6.45) is -4.47. The number of carbonyl (C=O) groups excluding carboxylic acids is 1. The van der Waals surface area contributed by atoms with Gasteiger partial charge in [0, 0.05) is 6.54 Å². The van der Waals surface area contributed by atoms with E-state index in [1.807, 2.05) is 13.8 Å². The lowest BCUT2D eigenvalue weighted by molar-refractivity contribution is -0.166. The van der Waals surface area contributed by atoms with Crippen LogP contribution in [0.2, 0.25) is 0 Å². The second kappa shape index (κ2) is 5.66. The Morgan fingerprint density at radius 2 is 1.86 bits per heavy atom. The van der Waals surface area contributed by atoms with Gasteiger partial charge in [0.2, 0.25) is 0 Å². The summed E-state index contributed by atoms with van der Waals surface area (Å²) in [6.45, 7) is 9.08. The Morgan fingerprint density at radius 1 is 1.33 bits per heavy atom. The highest BCUT2D eigenvalue weighted by Crippen LogP contribution is 2.36. The van der Waals surface area contributed by atoms with E-state index in [1.165, 1.54) is 0 Å². The highest BCUT2D eigenvalue weighted by Gasteiger charge is 2.49. The number of carbonyl (C=O) groups is 1. The van der Waals surface area contributed by atoms with Gasteiger partial charge in [0.1, 0.15) is 11.6 Å². The van der Waals surface area contributed by atoms with Crippen LogP contribution >= 0.6 is 0 Å². The molecule has 4 nitrogen and oxygen atoms in total. The van der Waals surface area contributed by atoms with Crippen molar-refractivity contribution in [2.45, 2.75) is 71.3 Å². The Morgan fingerprint density at radius 3 is 2.29 bits per heavy atom. The van der Waals surface area contributed by atoms with Crippen molar-refractivity contribution in [1.82, 2.24) is 4.90 Å². The van der Waals surface area contributed by atoms with E-state index in [2.05, 4.69) is 0 Å². The molecule has 7 heteroatoms. The molecule has 1 aliphatic rings. The van der Waals surface area contributed by atoms with Gasteiger partial charge in [0.05, 0.1) is 6.04 Å². The molecule has 0 bridgehead atoms. The lowest BCUT2D eigenvalue weighted by atomic mass is 9.79. The van der Waals surface area contributed by atoms with Crippen LogP contribution < -0.4 is 5.73 Å². The first-order valence-corrected chi connectivity index (χ1v) is 7.05. The lowest BCUT2D eigenvalue weighted by Crippen LogP contribution is -2.61. The molecule has 0 radical (unpaired) electrons. The molecule has 0 saturated carbocycles. The largest absolute Gasteiger partial charge is 0.444 e. The van der Waals surface area contributed by atoms with Gasteiger partial charge >= 0.3 is 12.3 Å². The Kier molecular flexibility index (Phi) is 4.87. The number of amides is 1. The molecule has 0 spiro atoms. The molecular formula is C14H25F3N2O2. The molecule has 1 heterocycles. The maximum atomic E-state index is 12.9. The number of piperidine rings is 1. The summed E-state index contributed by atoms with van der Waals surface area (Å²) in [7, 11) is 0. The summed E-state index contributed by atoms with van der Waals surface area (Å²) in [5.41, 5.74) is 4.32. The van der Waals surface area contributed by atoms with E-state index >= 15 is 0 Å². The average molecular weight is 310 g/mol.